The van der Waals surface area contributed by atoms with Gasteiger partial charge in [-0.3, -0.25) is 14.5 Å². The summed E-state index contributed by atoms with van der Waals surface area (Å²) in [5.74, 6) is -0.648. The number of nitrogens with zero attached hydrogens (tertiary/aromatic N) is 4. The molecule has 1 atom stereocenters. The monoisotopic (exact) mass is 411 g/mol. The van der Waals surface area contributed by atoms with Crippen LogP contribution in [-0.2, 0) is 19.1 Å². The van der Waals surface area contributed by atoms with Crippen molar-refractivity contribution < 1.29 is 28.6 Å². The lowest BCUT2D eigenvalue weighted by Crippen LogP contribution is -2.43. The zero-order chi connectivity index (χ0) is 20.9. The van der Waals surface area contributed by atoms with Gasteiger partial charge in [0.2, 0.25) is 5.82 Å². The van der Waals surface area contributed by atoms with Crippen molar-refractivity contribution in [2.75, 3.05) is 56.6 Å². The van der Waals surface area contributed by atoms with Crippen LogP contribution in [0.2, 0.25) is 0 Å². The van der Waals surface area contributed by atoms with Gasteiger partial charge < -0.3 is 25.2 Å². The zero-order valence-electron chi connectivity index (χ0n) is 16.1. The lowest BCUT2D eigenvalue weighted by molar-refractivity contribution is -0.150. The van der Waals surface area contributed by atoms with E-state index in [0.29, 0.717) is 25.9 Å². The molecule has 1 aromatic heterocycles. The third-order valence-electron chi connectivity index (χ3n) is 5.71. The highest BCUT2D eigenvalue weighted by molar-refractivity contribution is 5.79. The van der Waals surface area contributed by atoms with Crippen molar-refractivity contribution >= 4 is 24.1 Å². The standard InChI is InChI=1S/C17H24FN5O3.CH2O2/c18-13-14(19)20-11-21-15(13)23-3-1-17(2-4-23)9-12(26-16(17)24)10-22-5-7-25-8-6-22;2-1-3/h11-12H,1-10H2,(H2,19,20,21);1H,(H,2,3). The third-order valence-corrected chi connectivity index (χ3v) is 5.71. The predicted molar refractivity (Wildman–Crippen MR) is 101 cm³/mol. The molecule has 3 aliphatic rings. The van der Waals surface area contributed by atoms with Crippen LogP contribution in [-0.4, -0.2) is 84.5 Å². The number of aromatic nitrogens is 2. The second kappa shape index (κ2) is 9.31. The number of nitrogens with two attached hydrogens (primary N) is 1. The van der Waals surface area contributed by atoms with E-state index in [9.17, 15) is 9.18 Å². The van der Waals surface area contributed by atoms with Crippen molar-refractivity contribution in [3.8, 4) is 0 Å². The van der Waals surface area contributed by atoms with Gasteiger partial charge in [-0.05, 0) is 12.8 Å². The summed E-state index contributed by atoms with van der Waals surface area (Å²) in [5, 5.41) is 6.89. The molecular formula is C18H26FN5O5. The first kappa shape index (κ1) is 21.2. The van der Waals surface area contributed by atoms with Crippen molar-refractivity contribution in [1.82, 2.24) is 14.9 Å². The molecule has 10 nitrogen and oxygen atoms in total. The molecule has 0 aliphatic carbocycles. The Balaban J connectivity index is 0.000000755. The Kier molecular flexibility index (Phi) is 6.80. The maximum Gasteiger partial charge on any atom is 0.312 e. The van der Waals surface area contributed by atoms with Crippen LogP contribution >= 0.6 is 0 Å². The molecule has 160 valence electrons. The first-order valence-corrected chi connectivity index (χ1v) is 9.59. The largest absolute Gasteiger partial charge is 0.483 e. The Morgan fingerprint density at radius 3 is 2.59 bits per heavy atom. The summed E-state index contributed by atoms with van der Waals surface area (Å²) in [6, 6.07) is 0. The van der Waals surface area contributed by atoms with Gasteiger partial charge in [0, 0.05) is 39.1 Å². The maximum absolute atomic E-state index is 14.2. The molecule has 29 heavy (non-hydrogen) atoms. The van der Waals surface area contributed by atoms with Crippen LogP contribution in [0.15, 0.2) is 6.33 Å². The molecule has 1 aromatic rings. The van der Waals surface area contributed by atoms with Crippen LogP contribution in [0.25, 0.3) is 0 Å². The molecule has 0 saturated carbocycles. The molecule has 3 saturated heterocycles. The van der Waals surface area contributed by atoms with Crippen molar-refractivity contribution in [3.63, 3.8) is 0 Å². The van der Waals surface area contributed by atoms with Crippen LogP contribution in [0.1, 0.15) is 19.3 Å². The number of nitrogen functional groups attached to an aromatic ring is 1. The van der Waals surface area contributed by atoms with Gasteiger partial charge in [-0.2, -0.15) is 4.39 Å². The highest BCUT2D eigenvalue weighted by Crippen LogP contribution is 2.44. The van der Waals surface area contributed by atoms with Gasteiger partial charge in [0.25, 0.3) is 6.47 Å². The SMILES string of the molecule is Nc1ncnc(N2CCC3(CC2)CC(CN2CCOCC2)OC3=O)c1F.O=CO. The van der Waals surface area contributed by atoms with Gasteiger partial charge in [0.1, 0.15) is 12.4 Å². The quantitative estimate of drug-likeness (QED) is 0.523. The van der Waals surface area contributed by atoms with Gasteiger partial charge in [0.05, 0.1) is 18.6 Å². The van der Waals surface area contributed by atoms with Crippen LogP contribution in [0.5, 0.6) is 0 Å². The average molecular weight is 411 g/mol. The molecule has 1 spiro atoms. The van der Waals surface area contributed by atoms with Gasteiger partial charge in [-0.1, -0.05) is 0 Å². The normalized spacial score (nSPS) is 24.0. The van der Waals surface area contributed by atoms with Gasteiger partial charge in [0.15, 0.2) is 11.6 Å². The predicted octanol–water partition coefficient (Wildman–Crippen LogP) is 0.133. The van der Waals surface area contributed by atoms with Gasteiger partial charge in [-0.25, -0.2) is 9.97 Å². The highest BCUT2D eigenvalue weighted by atomic mass is 19.1. The fraction of sp³-hybridized carbons (Fsp3) is 0.667. The van der Waals surface area contributed by atoms with E-state index < -0.39 is 11.2 Å². The number of morpholine rings is 1. The summed E-state index contributed by atoms with van der Waals surface area (Å²) in [6.45, 7) is 4.83. The number of piperidine rings is 1. The minimum Gasteiger partial charge on any atom is -0.483 e. The molecule has 0 amide bonds. The van der Waals surface area contributed by atoms with E-state index in [2.05, 4.69) is 14.9 Å². The summed E-state index contributed by atoms with van der Waals surface area (Å²) in [7, 11) is 0. The Morgan fingerprint density at radius 1 is 1.28 bits per heavy atom. The number of hydrogen-bond donors (Lipinski definition) is 2. The Morgan fingerprint density at radius 2 is 1.93 bits per heavy atom. The van der Waals surface area contributed by atoms with E-state index in [0.717, 1.165) is 39.3 Å². The summed E-state index contributed by atoms with van der Waals surface area (Å²) < 4.78 is 25.2. The number of esters is 1. The molecule has 11 heteroatoms. The maximum atomic E-state index is 14.2. The lowest BCUT2D eigenvalue weighted by Gasteiger charge is -2.37. The molecule has 4 heterocycles. The van der Waals surface area contributed by atoms with Crippen molar-refractivity contribution in [3.05, 3.63) is 12.1 Å². The molecule has 1 unspecified atom stereocenters. The summed E-state index contributed by atoms with van der Waals surface area (Å²) >= 11 is 0. The molecule has 3 aliphatic heterocycles. The molecule has 0 radical (unpaired) electrons. The lowest BCUT2D eigenvalue weighted by atomic mass is 9.76. The molecule has 3 N–H and O–H groups in total. The first-order valence-electron chi connectivity index (χ1n) is 9.59. The molecule has 3 fully saturated rings. The van der Waals surface area contributed by atoms with Crippen molar-refractivity contribution in [1.29, 1.82) is 0 Å². The molecule has 0 aromatic carbocycles. The number of hydrogen-bond acceptors (Lipinski definition) is 9. The minimum atomic E-state index is -0.595. The van der Waals surface area contributed by atoms with Gasteiger partial charge in [-0.15, -0.1) is 0 Å². The molecular weight excluding hydrogens is 385 g/mol. The second-order valence-electron chi connectivity index (χ2n) is 7.41. The average Bonchev–Trinajstić information content (AvgIpc) is 3.01. The number of carbonyl (C=O) groups is 2. The molecule has 4 rings (SSSR count). The Labute approximate surface area is 167 Å². The van der Waals surface area contributed by atoms with E-state index in [-0.39, 0.29) is 30.2 Å². The van der Waals surface area contributed by atoms with Crippen LogP contribution in [0, 0.1) is 11.2 Å². The fourth-order valence-electron chi connectivity index (χ4n) is 4.16. The highest BCUT2D eigenvalue weighted by Gasteiger charge is 2.50. The number of carboxylic acid groups (broad SMARTS) is 1. The van der Waals surface area contributed by atoms with E-state index in [4.69, 9.17) is 25.1 Å². The van der Waals surface area contributed by atoms with E-state index in [1.54, 1.807) is 0 Å². The molecule has 0 bridgehead atoms. The first-order chi connectivity index (χ1) is 14.0. The number of rotatable bonds is 3. The van der Waals surface area contributed by atoms with E-state index in [1.165, 1.54) is 6.33 Å². The van der Waals surface area contributed by atoms with Gasteiger partial charge >= 0.3 is 5.97 Å². The number of carbonyl (C=O) groups excluding carboxylic acids is 1. The van der Waals surface area contributed by atoms with Crippen LogP contribution < -0.4 is 10.6 Å². The zero-order valence-corrected chi connectivity index (χ0v) is 16.1. The van der Waals surface area contributed by atoms with E-state index in [1.807, 2.05) is 4.90 Å². The number of ether oxygens (including phenoxy) is 2. The van der Waals surface area contributed by atoms with Crippen molar-refractivity contribution in [2.45, 2.75) is 25.4 Å². The Hall–Kier alpha value is -2.53. The summed E-state index contributed by atoms with van der Waals surface area (Å²) in [4.78, 5) is 32.7. The number of halogens is 1. The smallest absolute Gasteiger partial charge is 0.312 e. The Bertz CT molecular complexity index is 723. The van der Waals surface area contributed by atoms with Crippen molar-refractivity contribution in [2.24, 2.45) is 5.41 Å². The van der Waals surface area contributed by atoms with E-state index >= 15 is 0 Å². The second-order valence-corrected chi connectivity index (χ2v) is 7.41. The summed E-state index contributed by atoms with van der Waals surface area (Å²) in [6.07, 6.45) is 3.19. The topological polar surface area (TPSA) is 131 Å². The third kappa shape index (κ3) is 4.73. The summed E-state index contributed by atoms with van der Waals surface area (Å²) in [5.41, 5.74) is 5.08. The fourth-order valence-corrected chi connectivity index (χ4v) is 4.16. The van der Waals surface area contributed by atoms with Crippen LogP contribution in [0.4, 0.5) is 16.0 Å². The van der Waals surface area contributed by atoms with Crippen LogP contribution in [0.3, 0.4) is 0 Å². The number of cyclic esters (lactones) is 1. The number of anilines is 2. The minimum absolute atomic E-state index is 0.0708.